The van der Waals surface area contributed by atoms with Gasteiger partial charge in [0.15, 0.2) is 0 Å². The number of hydrogen-bond donors (Lipinski definition) is 1. The molecule has 0 aromatic heterocycles. The molecule has 1 aliphatic heterocycles. The Kier molecular flexibility index (Phi) is 3.46. The molecule has 2 rings (SSSR count). The van der Waals surface area contributed by atoms with E-state index in [2.05, 4.69) is 12.2 Å². The lowest BCUT2D eigenvalue weighted by Crippen LogP contribution is -2.52. The molecule has 16 heavy (non-hydrogen) atoms. The fourth-order valence-electron chi connectivity index (χ4n) is 1.90. The second-order valence-electron chi connectivity index (χ2n) is 4.06. The van der Waals surface area contributed by atoms with Crippen LogP contribution in [0.4, 0.5) is 0 Å². The maximum atomic E-state index is 12.2. The first-order valence-corrected chi connectivity index (χ1v) is 5.83. The lowest BCUT2D eigenvalue weighted by molar-refractivity contribution is 0.0656. The van der Waals surface area contributed by atoms with Gasteiger partial charge in [0.25, 0.3) is 5.91 Å². The Morgan fingerprint density at radius 1 is 1.44 bits per heavy atom. The second-order valence-corrected chi connectivity index (χ2v) is 4.50. The van der Waals surface area contributed by atoms with E-state index in [0.29, 0.717) is 10.6 Å². The summed E-state index contributed by atoms with van der Waals surface area (Å²) in [6, 6.07) is 7.30. The number of carbonyl (C=O) groups is 1. The van der Waals surface area contributed by atoms with Crippen molar-refractivity contribution in [1.29, 1.82) is 0 Å². The molecule has 1 aromatic carbocycles. The topological polar surface area (TPSA) is 32.3 Å². The summed E-state index contributed by atoms with van der Waals surface area (Å²) >= 11 is 5.80. The van der Waals surface area contributed by atoms with E-state index < -0.39 is 0 Å². The van der Waals surface area contributed by atoms with E-state index in [0.717, 1.165) is 19.6 Å². The van der Waals surface area contributed by atoms with Crippen LogP contribution >= 0.6 is 11.6 Å². The van der Waals surface area contributed by atoms with Gasteiger partial charge >= 0.3 is 0 Å². The highest BCUT2D eigenvalue weighted by Gasteiger charge is 2.23. The van der Waals surface area contributed by atoms with E-state index in [1.807, 2.05) is 4.90 Å². The van der Waals surface area contributed by atoms with Crippen LogP contribution < -0.4 is 5.32 Å². The third kappa shape index (κ3) is 2.36. The summed E-state index contributed by atoms with van der Waals surface area (Å²) in [5.41, 5.74) is 0.707. The normalized spacial score (nSPS) is 20.9. The number of amides is 1. The Morgan fingerprint density at radius 2 is 2.12 bits per heavy atom. The summed E-state index contributed by atoms with van der Waals surface area (Å²) in [4.78, 5) is 14.1. The monoisotopic (exact) mass is 238 g/mol. The molecule has 1 aliphatic rings. The van der Waals surface area contributed by atoms with Crippen LogP contribution in [0.1, 0.15) is 17.3 Å². The van der Waals surface area contributed by atoms with Gasteiger partial charge in [-0.05, 0) is 31.2 Å². The molecule has 0 saturated carbocycles. The molecule has 0 unspecified atom stereocenters. The van der Waals surface area contributed by atoms with Gasteiger partial charge in [0.2, 0.25) is 0 Å². The Bertz CT molecular complexity index is 377. The maximum Gasteiger partial charge on any atom is 0.254 e. The zero-order chi connectivity index (χ0) is 11.5. The third-order valence-electron chi connectivity index (χ3n) is 2.85. The summed E-state index contributed by atoms with van der Waals surface area (Å²) < 4.78 is 0. The van der Waals surface area contributed by atoms with E-state index in [1.165, 1.54) is 0 Å². The first kappa shape index (κ1) is 11.4. The lowest BCUT2D eigenvalue weighted by Gasteiger charge is -2.34. The number of nitrogens with zero attached hydrogens (tertiary/aromatic N) is 1. The number of halogens is 1. The molecular weight excluding hydrogens is 224 g/mol. The van der Waals surface area contributed by atoms with Crippen molar-refractivity contribution in [3.63, 3.8) is 0 Å². The molecule has 1 atom stereocenters. The molecule has 0 spiro atoms. The van der Waals surface area contributed by atoms with E-state index in [-0.39, 0.29) is 11.9 Å². The van der Waals surface area contributed by atoms with Crippen molar-refractivity contribution in [2.24, 2.45) is 0 Å². The molecule has 1 fully saturated rings. The molecule has 3 nitrogen and oxygen atoms in total. The number of piperazine rings is 1. The summed E-state index contributed by atoms with van der Waals surface area (Å²) in [5, 5.41) is 3.92. The van der Waals surface area contributed by atoms with Crippen LogP contribution in [0, 0.1) is 0 Å². The van der Waals surface area contributed by atoms with Gasteiger partial charge in [-0.3, -0.25) is 4.79 Å². The minimum atomic E-state index is 0.0886. The molecule has 1 saturated heterocycles. The van der Waals surface area contributed by atoms with Gasteiger partial charge in [-0.1, -0.05) is 11.6 Å². The van der Waals surface area contributed by atoms with Crippen molar-refractivity contribution >= 4 is 17.5 Å². The zero-order valence-electron chi connectivity index (χ0n) is 9.24. The predicted octanol–water partition coefficient (Wildman–Crippen LogP) is 1.77. The van der Waals surface area contributed by atoms with Gasteiger partial charge in [-0.25, -0.2) is 0 Å². The summed E-state index contributed by atoms with van der Waals surface area (Å²) in [6.07, 6.45) is 0. The number of rotatable bonds is 1. The highest BCUT2D eigenvalue weighted by molar-refractivity contribution is 6.30. The van der Waals surface area contributed by atoms with Crippen molar-refractivity contribution in [1.82, 2.24) is 10.2 Å². The molecule has 1 amide bonds. The van der Waals surface area contributed by atoms with Gasteiger partial charge in [-0.2, -0.15) is 0 Å². The van der Waals surface area contributed by atoms with E-state index in [9.17, 15) is 4.79 Å². The van der Waals surface area contributed by atoms with Crippen molar-refractivity contribution < 1.29 is 4.79 Å². The summed E-state index contributed by atoms with van der Waals surface area (Å²) in [6.45, 7) is 4.55. The first-order chi connectivity index (χ1) is 7.68. The second kappa shape index (κ2) is 4.85. The van der Waals surface area contributed by atoms with Crippen LogP contribution in [-0.2, 0) is 0 Å². The first-order valence-electron chi connectivity index (χ1n) is 5.46. The smallest absolute Gasteiger partial charge is 0.254 e. The number of carbonyl (C=O) groups excluding carboxylic acids is 1. The average molecular weight is 239 g/mol. The van der Waals surface area contributed by atoms with E-state index >= 15 is 0 Å². The maximum absolute atomic E-state index is 12.2. The van der Waals surface area contributed by atoms with Crippen LogP contribution in [0.3, 0.4) is 0 Å². The molecule has 86 valence electrons. The quantitative estimate of drug-likeness (QED) is 0.809. The van der Waals surface area contributed by atoms with Crippen LogP contribution in [0.25, 0.3) is 0 Å². The molecule has 1 N–H and O–H groups in total. The number of hydrogen-bond acceptors (Lipinski definition) is 2. The Morgan fingerprint density at radius 3 is 2.75 bits per heavy atom. The van der Waals surface area contributed by atoms with Crippen molar-refractivity contribution in [3.05, 3.63) is 34.9 Å². The Labute approximate surface area is 100 Å². The predicted molar refractivity (Wildman–Crippen MR) is 64.8 cm³/mol. The molecule has 0 aliphatic carbocycles. The number of benzene rings is 1. The van der Waals surface area contributed by atoms with Crippen molar-refractivity contribution in [2.75, 3.05) is 19.6 Å². The van der Waals surface area contributed by atoms with E-state index in [1.54, 1.807) is 24.3 Å². The van der Waals surface area contributed by atoms with Crippen molar-refractivity contribution in [3.8, 4) is 0 Å². The minimum absolute atomic E-state index is 0.0886. The zero-order valence-corrected chi connectivity index (χ0v) is 10.00. The molecule has 0 bridgehead atoms. The fourth-order valence-corrected chi connectivity index (χ4v) is 2.03. The van der Waals surface area contributed by atoms with Gasteiger partial charge in [0, 0.05) is 36.3 Å². The largest absolute Gasteiger partial charge is 0.333 e. The average Bonchev–Trinajstić information content (AvgIpc) is 2.30. The SMILES string of the molecule is C[C@H]1CNCCN1C(=O)c1ccc(Cl)cc1. The Hall–Kier alpha value is -1.06. The standard InChI is InChI=1S/C12H15ClN2O/c1-9-8-14-6-7-15(9)12(16)10-2-4-11(13)5-3-10/h2-5,9,14H,6-8H2,1H3/t9-/m0/s1. The molecular formula is C12H15ClN2O. The van der Waals surface area contributed by atoms with Crippen LogP contribution in [0.5, 0.6) is 0 Å². The molecule has 4 heteroatoms. The van der Waals surface area contributed by atoms with Crippen LogP contribution in [-0.4, -0.2) is 36.5 Å². The van der Waals surface area contributed by atoms with Gasteiger partial charge < -0.3 is 10.2 Å². The molecule has 0 radical (unpaired) electrons. The fraction of sp³-hybridized carbons (Fsp3) is 0.417. The van der Waals surface area contributed by atoms with Gasteiger partial charge in [0.05, 0.1) is 0 Å². The minimum Gasteiger partial charge on any atom is -0.333 e. The Balaban J connectivity index is 2.14. The van der Waals surface area contributed by atoms with Crippen molar-refractivity contribution in [2.45, 2.75) is 13.0 Å². The van der Waals surface area contributed by atoms with Gasteiger partial charge in [-0.15, -0.1) is 0 Å². The summed E-state index contributed by atoms with van der Waals surface area (Å²) in [7, 11) is 0. The number of nitrogens with one attached hydrogen (secondary N) is 1. The van der Waals surface area contributed by atoms with Crippen LogP contribution in [0.15, 0.2) is 24.3 Å². The highest BCUT2D eigenvalue weighted by atomic mass is 35.5. The molecule has 1 aromatic rings. The third-order valence-corrected chi connectivity index (χ3v) is 3.11. The van der Waals surface area contributed by atoms with Gasteiger partial charge in [0.1, 0.15) is 0 Å². The lowest BCUT2D eigenvalue weighted by atomic mass is 10.1. The van der Waals surface area contributed by atoms with E-state index in [4.69, 9.17) is 11.6 Å². The summed E-state index contributed by atoms with van der Waals surface area (Å²) in [5.74, 6) is 0.0886. The van der Waals surface area contributed by atoms with Crippen LogP contribution in [0.2, 0.25) is 5.02 Å². The molecule has 1 heterocycles. The highest BCUT2D eigenvalue weighted by Crippen LogP contribution is 2.13.